The standard InChI is InChI=1S/C13H12BrNO3S/c1-9-5-6-11(10(14)8-9)18-13-12(19(2,16)17)4-3-7-15-13/h3-8H,1-2H3. The van der Waals surface area contributed by atoms with Gasteiger partial charge in [0.05, 0.1) is 4.47 Å². The van der Waals surface area contributed by atoms with Crippen LogP contribution in [0.5, 0.6) is 11.6 Å². The molecule has 0 unspecified atom stereocenters. The number of rotatable bonds is 3. The van der Waals surface area contributed by atoms with Gasteiger partial charge in [0.25, 0.3) is 0 Å². The molecule has 1 aromatic heterocycles. The Morgan fingerprint density at radius 3 is 2.63 bits per heavy atom. The van der Waals surface area contributed by atoms with E-state index >= 15 is 0 Å². The van der Waals surface area contributed by atoms with Crippen LogP contribution in [-0.4, -0.2) is 19.7 Å². The van der Waals surface area contributed by atoms with Crippen molar-refractivity contribution in [2.45, 2.75) is 11.8 Å². The van der Waals surface area contributed by atoms with Gasteiger partial charge in [0.2, 0.25) is 5.88 Å². The van der Waals surface area contributed by atoms with Crippen LogP contribution in [0.25, 0.3) is 0 Å². The van der Waals surface area contributed by atoms with Crippen molar-refractivity contribution in [2.24, 2.45) is 0 Å². The highest BCUT2D eigenvalue weighted by molar-refractivity contribution is 9.10. The van der Waals surface area contributed by atoms with Crippen molar-refractivity contribution in [3.05, 3.63) is 46.6 Å². The third-order valence-corrected chi connectivity index (χ3v) is 4.16. The third-order valence-electron chi connectivity index (χ3n) is 2.43. The van der Waals surface area contributed by atoms with Gasteiger partial charge in [-0.25, -0.2) is 13.4 Å². The first kappa shape index (κ1) is 14.0. The molecule has 0 aliphatic carbocycles. The molecular formula is C13H12BrNO3S. The van der Waals surface area contributed by atoms with Gasteiger partial charge in [-0.3, -0.25) is 0 Å². The number of sulfone groups is 1. The molecule has 0 N–H and O–H groups in total. The first-order valence-electron chi connectivity index (χ1n) is 5.47. The summed E-state index contributed by atoms with van der Waals surface area (Å²) in [7, 11) is -3.38. The molecule has 2 rings (SSSR count). The second-order valence-electron chi connectivity index (χ2n) is 4.11. The summed E-state index contributed by atoms with van der Waals surface area (Å²) in [6.45, 7) is 1.96. The fourth-order valence-electron chi connectivity index (χ4n) is 1.53. The van der Waals surface area contributed by atoms with Crippen LogP contribution in [0.1, 0.15) is 5.56 Å². The van der Waals surface area contributed by atoms with Crippen molar-refractivity contribution in [1.82, 2.24) is 4.98 Å². The number of pyridine rings is 1. The minimum absolute atomic E-state index is 0.0717. The normalized spacial score (nSPS) is 11.3. The number of hydrogen-bond donors (Lipinski definition) is 0. The molecule has 1 aromatic carbocycles. The minimum Gasteiger partial charge on any atom is -0.437 e. The monoisotopic (exact) mass is 341 g/mol. The van der Waals surface area contributed by atoms with Gasteiger partial charge in [0.1, 0.15) is 10.6 Å². The van der Waals surface area contributed by atoms with Crippen molar-refractivity contribution in [3.63, 3.8) is 0 Å². The molecule has 0 bridgehead atoms. The molecule has 0 aliphatic rings. The average Bonchev–Trinajstić information content (AvgIpc) is 2.32. The van der Waals surface area contributed by atoms with Crippen molar-refractivity contribution < 1.29 is 13.2 Å². The minimum atomic E-state index is -3.38. The Bertz CT molecular complexity index is 714. The molecule has 0 fully saturated rings. The summed E-state index contributed by atoms with van der Waals surface area (Å²) >= 11 is 3.38. The zero-order chi connectivity index (χ0) is 14.0. The van der Waals surface area contributed by atoms with Gasteiger partial charge in [0, 0.05) is 12.5 Å². The molecule has 100 valence electrons. The lowest BCUT2D eigenvalue weighted by atomic mass is 10.2. The average molecular weight is 342 g/mol. The molecule has 4 nitrogen and oxygen atoms in total. The zero-order valence-electron chi connectivity index (χ0n) is 10.4. The molecule has 0 saturated heterocycles. The van der Waals surface area contributed by atoms with Gasteiger partial charge in [0.15, 0.2) is 9.84 Å². The van der Waals surface area contributed by atoms with Gasteiger partial charge in [-0.2, -0.15) is 0 Å². The van der Waals surface area contributed by atoms with Crippen LogP contribution in [0.2, 0.25) is 0 Å². The van der Waals surface area contributed by atoms with Gasteiger partial charge in [-0.15, -0.1) is 0 Å². The second-order valence-corrected chi connectivity index (χ2v) is 6.95. The lowest BCUT2D eigenvalue weighted by molar-refractivity contribution is 0.444. The zero-order valence-corrected chi connectivity index (χ0v) is 12.8. The van der Waals surface area contributed by atoms with E-state index < -0.39 is 9.84 Å². The molecule has 1 heterocycles. The van der Waals surface area contributed by atoms with E-state index in [9.17, 15) is 8.42 Å². The van der Waals surface area contributed by atoms with Gasteiger partial charge < -0.3 is 4.74 Å². The number of nitrogens with zero attached hydrogens (tertiary/aromatic N) is 1. The van der Waals surface area contributed by atoms with Crippen LogP contribution in [0.3, 0.4) is 0 Å². The van der Waals surface area contributed by atoms with Gasteiger partial charge in [-0.1, -0.05) is 6.07 Å². The van der Waals surface area contributed by atoms with Crippen LogP contribution < -0.4 is 4.74 Å². The Kier molecular flexibility index (Phi) is 3.91. The predicted octanol–water partition coefficient (Wildman–Crippen LogP) is 3.35. The Labute approximate surface area is 120 Å². The topological polar surface area (TPSA) is 56.3 Å². The SMILES string of the molecule is Cc1ccc(Oc2ncccc2S(C)(=O)=O)c(Br)c1. The van der Waals surface area contributed by atoms with Gasteiger partial charge in [-0.05, 0) is 52.7 Å². The fraction of sp³-hybridized carbons (Fsp3) is 0.154. The van der Waals surface area contributed by atoms with E-state index in [1.165, 1.54) is 12.3 Å². The van der Waals surface area contributed by atoms with Crippen molar-refractivity contribution in [1.29, 1.82) is 0 Å². The number of benzene rings is 1. The van der Waals surface area contributed by atoms with Gasteiger partial charge >= 0.3 is 0 Å². The highest BCUT2D eigenvalue weighted by atomic mass is 79.9. The van der Waals surface area contributed by atoms with Crippen molar-refractivity contribution in [3.8, 4) is 11.6 Å². The lowest BCUT2D eigenvalue weighted by Crippen LogP contribution is -2.02. The summed E-state index contributed by atoms with van der Waals surface area (Å²) in [5, 5.41) is 0. The van der Waals surface area contributed by atoms with Crippen LogP contribution in [-0.2, 0) is 9.84 Å². The Morgan fingerprint density at radius 1 is 1.26 bits per heavy atom. The molecule has 0 aliphatic heterocycles. The molecule has 0 saturated carbocycles. The highest BCUT2D eigenvalue weighted by Crippen LogP contribution is 2.32. The van der Waals surface area contributed by atoms with E-state index in [2.05, 4.69) is 20.9 Å². The number of aromatic nitrogens is 1. The molecule has 19 heavy (non-hydrogen) atoms. The molecule has 6 heteroatoms. The maximum absolute atomic E-state index is 11.7. The van der Waals surface area contributed by atoms with E-state index in [0.29, 0.717) is 5.75 Å². The number of ether oxygens (including phenoxy) is 1. The number of hydrogen-bond acceptors (Lipinski definition) is 4. The summed E-state index contributed by atoms with van der Waals surface area (Å²) in [6.07, 6.45) is 2.62. The van der Waals surface area contributed by atoms with E-state index in [0.717, 1.165) is 16.3 Å². The van der Waals surface area contributed by atoms with Crippen molar-refractivity contribution >= 4 is 25.8 Å². The first-order valence-corrected chi connectivity index (χ1v) is 8.15. The fourth-order valence-corrected chi connectivity index (χ4v) is 2.84. The Hall–Kier alpha value is -1.40. The second kappa shape index (κ2) is 5.30. The highest BCUT2D eigenvalue weighted by Gasteiger charge is 2.16. The van der Waals surface area contributed by atoms with Crippen molar-refractivity contribution in [2.75, 3.05) is 6.26 Å². The van der Waals surface area contributed by atoms with E-state index in [-0.39, 0.29) is 10.8 Å². The number of halogens is 1. The van der Waals surface area contributed by atoms with E-state index in [1.807, 2.05) is 19.1 Å². The molecule has 0 amide bonds. The van der Waals surface area contributed by atoms with Crippen LogP contribution in [0.15, 0.2) is 45.9 Å². The lowest BCUT2D eigenvalue weighted by Gasteiger charge is -2.10. The summed E-state index contributed by atoms with van der Waals surface area (Å²) in [6, 6.07) is 8.56. The summed E-state index contributed by atoms with van der Waals surface area (Å²) < 4.78 is 29.6. The summed E-state index contributed by atoms with van der Waals surface area (Å²) in [5.41, 5.74) is 1.07. The van der Waals surface area contributed by atoms with Crippen LogP contribution in [0, 0.1) is 6.92 Å². The Morgan fingerprint density at radius 2 is 2.00 bits per heavy atom. The maximum Gasteiger partial charge on any atom is 0.238 e. The van der Waals surface area contributed by atoms with Crippen LogP contribution >= 0.6 is 15.9 Å². The predicted molar refractivity (Wildman–Crippen MR) is 76.3 cm³/mol. The molecule has 0 spiro atoms. The largest absolute Gasteiger partial charge is 0.437 e. The first-order chi connectivity index (χ1) is 8.88. The van der Waals surface area contributed by atoms with E-state index in [1.54, 1.807) is 12.1 Å². The molecule has 2 aromatic rings. The molecule has 0 atom stereocenters. The maximum atomic E-state index is 11.7. The molecule has 0 radical (unpaired) electrons. The number of aryl methyl sites for hydroxylation is 1. The van der Waals surface area contributed by atoms with E-state index in [4.69, 9.17) is 4.74 Å². The molecular weight excluding hydrogens is 330 g/mol. The van der Waals surface area contributed by atoms with Crippen LogP contribution in [0.4, 0.5) is 0 Å². The Balaban J connectivity index is 2.44. The third kappa shape index (κ3) is 3.33. The quantitative estimate of drug-likeness (QED) is 0.858. The smallest absolute Gasteiger partial charge is 0.238 e. The summed E-state index contributed by atoms with van der Waals surface area (Å²) in [5.74, 6) is 0.601. The summed E-state index contributed by atoms with van der Waals surface area (Å²) in [4.78, 5) is 4.05.